The smallest absolute Gasteiger partial charge is 0.389 e. The van der Waals surface area contributed by atoms with E-state index in [1.165, 1.54) is 0 Å². The molecule has 0 aromatic heterocycles. The average molecular weight is 184 g/mol. The van der Waals surface area contributed by atoms with Crippen molar-refractivity contribution in [2.24, 2.45) is 0 Å². The van der Waals surface area contributed by atoms with Gasteiger partial charge in [-0.1, -0.05) is 6.42 Å². The van der Waals surface area contributed by atoms with Crippen LogP contribution in [0.1, 0.15) is 39.5 Å². The van der Waals surface area contributed by atoms with Gasteiger partial charge in [0.25, 0.3) is 0 Å². The van der Waals surface area contributed by atoms with Crippen LogP contribution >= 0.6 is 0 Å². The molecule has 0 bridgehead atoms. The maximum absolute atomic E-state index is 11.6. The van der Waals surface area contributed by atoms with Crippen molar-refractivity contribution in [1.82, 2.24) is 0 Å². The lowest BCUT2D eigenvalue weighted by Crippen LogP contribution is -2.18. The largest absolute Gasteiger partial charge is 0.390 e. The standard InChI is InChI=1S/C8H15F3O/c1-7(2,12)5-3-4-6-8(9,10)11/h12H,3-6H2,1-2H3. The molecule has 1 N–H and O–H groups in total. The van der Waals surface area contributed by atoms with Crippen LogP contribution < -0.4 is 0 Å². The summed E-state index contributed by atoms with van der Waals surface area (Å²) in [5, 5.41) is 9.17. The fourth-order valence-corrected chi connectivity index (χ4v) is 0.883. The molecular weight excluding hydrogens is 169 g/mol. The van der Waals surface area contributed by atoms with Crippen molar-refractivity contribution < 1.29 is 18.3 Å². The fraction of sp³-hybridized carbons (Fsp3) is 1.00. The zero-order valence-corrected chi connectivity index (χ0v) is 7.41. The molecule has 0 aromatic carbocycles. The zero-order chi connectivity index (χ0) is 9.83. The van der Waals surface area contributed by atoms with Crippen LogP contribution in [0.2, 0.25) is 0 Å². The molecule has 0 radical (unpaired) electrons. The first-order valence-corrected chi connectivity index (χ1v) is 4.00. The second kappa shape index (κ2) is 4.12. The molecule has 12 heavy (non-hydrogen) atoms. The van der Waals surface area contributed by atoms with Gasteiger partial charge in [0.1, 0.15) is 0 Å². The molecule has 74 valence electrons. The highest BCUT2D eigenvalue weighted by Gasteiger charge is 2.26. The van der Waals surface area contributed by atoms with E-state index >= 15 is 0 Å². The van der Waals surface area contributed by atoms with Crippen LogP contribution in [0.5, 0.6) is 0 Å². The van der Waals surface area contributed by atoms with E-state index in [1.54, 1.807) is 13.8 Å². The van der Waals surface area contributed by atoms with Gasteiger partial charge in [-0.3, -0.25) is 0 Å². The van der Waals surface area contributed by atoms with Gasteiger partial charge in [-0.25, -0.2) is 0 Å². The van der Waals surface area contributed by atoms with Crippen LogP contribution in [-0.4, -0.2) is 16.9 Å². The second-order valence-electron chi connectivity index (χ2n) is 3.63. The van der Waals surface area contributed by atoms with E-state index < -0.39 is 18.2 Å². The minimum absolute atomic E-state index is 0.105. The molecule has 0 amide bonds. The summed E-state index contributed by atoms with van der Waals surface area (Å²) in [6.45, 7) is 3.20. The zero-order valence-electron chi connectivity index (χ0n) is 7.41. The maximum Gasteiger partial charge on any atom is 0.389 e. The Morgan fingerprint density at radius 2 is 1.42 bits per heavy atom. The number of unbranched alkanes of at least 4 members (excludes halogenated alkanes) is 1. The molecule has 0 unspecified atom stereocenters. The average Bonchev–Trinajstić information content (AvgIpc) is 1.76. The van der Waals surface area contributed by atoms with E-state index in [0.717, 1.165) is 0 Å². The molecule has 0 aliphatic rings. The van der Waals surface area contributed by atoms with Gasteiger partial charge in [0.15, 0.2) is 0 Å². The van der Waals surface area contributed by atoms with Crippen LogP contribution in [-0.2, 0) is 0 Å². The van der Waals surface area contributed by atoms with E-state index in [-0.39, 0.29) is 6.42 Å². The number of hydrogen-bond donors (Lipinski definition) is 1. The Kier molecular flexibility index (Phi) is 4.03. The quantitative estimate of drug-likeness (QED) is 0.666. The lowest BCUT2D eigenvalue weighted by molar-refractivity contribution is -0.136. The van der Waals surface area contributed by atoms with Crippen molar-refractivity contribution in [2.45, 2.75) is 51.3 Å². The Bertz CT molecular complexity index is 107. The predicted molar refractivity (Wildman–Crippen MR) is 40.8 cm³/mol. The molecule has 1 nitrogen and oxygen atoms in total. The highest BCUT2D eigenvalue weighted by molar-refractivity contribution is 4.65. The van der Waals surface area contributed by atoms with Gasteiger partial charge >= 0.3 is 6.18 Å². The summed E-state index contributed by atoms with van der Waals surface area (Å²) < 4.78 is 34.8. The van der Waals surface area contributed by atoms with Crippen LogP contribution in [0.15, 0.2) is 0 Å². The highest BCUT2D eigenvalue weighted by atomic mass is 19.4. The molecule has 0 fully saturated rings. The third-order valence-corrected chi connectivity index (χ3v) is 1.50. The van der Waals surface area contributed by atoms with Crippen LogP contribution in [0.25, 0.3) is 0 Å². The molecular formula is C8H15F3O. The molecule has 0 saturated carbocycles. The van der Waals surface area contributed by atoms with Crippen molar-refractivity contribution in [3.63, 3.8) is 0 Å². The first kappa shape index (κ1) is 11.8. The number of hydrogen-bond acceptors (Lipinski definition) is 1. The van der Waals surface area contributed by atoms with Crippen molar-refractivity contribution >= 4 is 0 Å². The number of alkyl halides is 3. The first-order valence-electron chi connectivity index (χ1n) is 4.00. The third kappa shape index (κ3) is 9.75. The molecule has 0 heterocycles. The summed E-state index contributed by atoms with van der Waals surface area (Å²) in [4.78, 5) is 0. The van der Waals surface area contributed by atoms with Gasteiger partial charge in [0, 0.05) is 6.42 Å². The van der Waals surface area contributed by atoms with Crippen LogP contribution in [0.3, 0.4) is 0 Å². The van der Waals surface area contributed by atoms with Crippen LogP contribution in [0, 0.1) is 0 Å². The Balaban J connectivity index is 3.35. The van der Waals surface area contributed by atoms with Crippen molar-refractivity contribution in [1.29, 1.82) is 0 Å². The Labute approximate surface area is 70.6 Å². The van der Waals surface area contributed by atoms with Gasteiger partial charge < -0.3 is 5.11 Å². The fourth-order valence-electron chi connectivity index (χ4n) is 0.883. The molecule has 0 aliphatic carbocycles. The van der Waals surface area contributed by atoms with Gasteiger partial charge in [0.2, 0.25) is 0 Å². The summed E-state index contributed by atoms with van der Waals surface area (Å²) in [7, 11) is 0. The van der Waals surface area contributed by atoms with E-state index in [0.29, 0.717) is 12.8 Å². The van der Waals surface area contributed by atoms with Gasteiger partial charge in [0.05, 0.1) is 5.60 Å². The molecule has 0 saturated heterocycles. The monoisotopic (exact) mass is 184 g/mol. The van der Waals surface area contributed by atoms with Crippen molar-refractivity contribution in [2.75, 3.05) is 0 Å². The van der Waals surface area contributed by atoms with Gasteiger partial charge in [-0.05, 0) is 26.7 Å². The third-order valence-electron chi connectivity index (χ3n) is 1.50. The summed E-state index contributed by atoms with van der Waals surface area (Å²) in [5.41, 5.74) is -0.842. The molecule has 0 aromatic rings. The normalized spacial score (nSPS) is 13.5. The lowest BCUT2D eigenvalue weighted by Gasteiger charge is -2.16. The van der Waals surface area contributed by atoms with E-state index in [1.807, 2.05) is 0 Å². The first-order chi connectivity index (χ1) is 5.21. The number of rotatable bonds is 4. The molecule has 0 aliphatic heterocycles. The Hall–Kier alpha value is -0.250. The molecule has 4 heteroatoms. The van der Waals surface area contributed by atoms with E-state index in [2.05, 4.69) is 0 Å². The van der Waals surface area contributed by atoms with Crippen molar-refractivity contribution in [3.05, 3.63) is 0 Å². The summed E-state index contributed by atoms with van der Waals surface area (Å²) in [6, 6.07) is 0. The topological polar surface area (TPSA) is 20.2 Å². The molecule has 0 rings (SSSR count). The highest BCUT2D eigenvalue weighted by Crippen LogP contribution is 2.23. The number of aliphatic hydroxyl groups is 1. The number of halogens is 3. The summed E-state index contributed by atoms with van der Waals surface area (Å²) in [6.07, 6.45) is -3.86. The lowest BCUT2D eigenvalue weighted by atomic mass is 10.0. The minimum Gasteiger partial charge on any atom is -0.390 e. The van der Waals surface area contributed by atoms with Crippen molar-refractivity contribution in [3.8, 4) is 0 Å². The van der Waals surface area contributed by atoms with Crippen LogP contribution in [0.4, 0.5) is 13.2 Å². The minimum atomic E-state index is -4.06. The summed E-state index contributed by atoms with van der Waals surface area (Å²) >= 11 is 0. The molecule has 0 atom stereocenters. The SMILES string of the molecule is CC(C)(O)CCCCC(F)(F)F. The second-order valence-corrected chi connectivity index (χ2v) is 3.63. The Morgan fingerprint density at radius 3 is 1.75 bits per heavy atom. The van der Waals surface area contributed by atoms with E-state index in [9.17, 15) is 13.2 Å². The van der Waals surface area contributed by atoms with Gasteiger partial charge in [-0.2, -0.15) is 13.2 Å². The maximum atomic E-state index is 11.6. The van der Waals surface area contributed by atoms with Gasteiger partial charge in [-0.15, -0.1) is 0 Å². The van der Waals surface area contributed by atoms with E-state index in [4.69, 9.17) is 5.11 Å². The Morgan fingerprint density at radius 1 is 1.00 bits per heavy atom. The summed E-state index contributed by atoms with van der Waals surface area (Å²) in [5.74, 6) is 0. The molecule has 0 spiro atoms. The predicted octanol–water partition coefficient (Wildman–Crippen LogP) is 2.88.